The van der Waals surface area contributed by atoms with Crippen LogP contribution in [0.5, 0.6) is 0 Å². The fraction of sp³-hybridized carbons (Fsp3) is 0.333. The van der Waals surface area contributed by atoms with Crippen LogP contribution >= 0.6 is 0 Å². The molecule has 5 rings (SSSR count). The van der Waals surface area contributed by atoms with Crippen molar-refractivity contribution < 1.29 is 9.18 Å². The van der Waals surface area contributed by atoms with Gasteiger partial charge in [0.15, 0.2) is 11.6 Å². The van der Waals surface area contributed by atoms with Gasteiger partial charge in [0.25, 0.3) is 0 Å². The zero-order chi connectivity index (χ0) is 22.8. The number of amides is 2. The first-order chi connectivity index (χ1) is 16.1. The summed E-state index contributed by atoms with van der Waals surface area (Å²) < 4.78 is 13.7. The lowest BCUT2D eigenvalue weighted by Gasteiger charge is -2.24. The summed E-state index contributed by atoms with van der Waals surface area (Å²) in [6.45, 7) is 2.48. The molecule has 2 amide bonds. The van der Waals surface area contributed by atoms with Gasteiger partial charge in [-0.15, -0.1) is 0 Å². The summed E-state index contributed by atoms with van der Waals surface area (Å²) in [4.78, 5) is 32.0. The molecule has 0 bridgehead atoms. The zero-order valence-corrected chi connectivity index (χ0v) is 18.5. The highest BCUT2D eigenvalue weighted by Crippen LogP contribution is 2.34. The molecule has 9 heteroatoms. The van der Waals surface area contributed by atoms with Gasteiger partial charge in [-0.25, -0.2) is 19.2 Å². The van der Waals surface area contributed by atoms with Crippen LogP contribution in [-0.2, 0) is 0 Å². The van der Waals surface area contributed by atoms with Crippen LogP contribution < -0.4 is 20.0 Å². The number of halogens is 1. The molecular formula is C24H26FN7O. The number of hydrogen-bond acceptors (Lipinski definition) is 6. The van der Waals surface area contributed by atoms with Gasteiger partial charge in [-0.05, 0) is 37.1 Å². The topological polar surface area (TPSA) is 77.5 Å². The van der Waals surface area contributed by atoms with E-state index in [1.807, 2.05) is 43.4 Å². The molecule has 1 atom stereocenters. The van der Waals surface area contributed by atoms with Gasteiger partial charge < -0.3 is 9.80 Å². The van der Waals surface area contributed by atoms with Gasteiger partial charge in [-0.1, -0.05) is 12.1 Å². The molecule has 1 aromatic carbocycles. The van der Waals surface area contributed by atoms with Crippen LogP contribution in [0.4, 0.5) is 32.2 Å². The third kappa shape index (κ3) is 4.44. The van der Waals surface area contributed by atoms with E-state index in [0.29, 0.717) is 37.7 Å². The number of nitrogens with zero attached hydrogens (tertiary/aromatic N) is 6. The number of alkyl halides is 1. The average molecular weight is 448 g/mol. The summed E-state index contributed by atoms with van der Waals surface area (Å²) in [6, 6.07) is 11.7. The molecule has 0 spiro atoms. The molecule has 0 aliphatic carbocycles. The molecule has 33 heavy (non-hydrogen) atoms. The first kappa shape index (κ1) is 21.1. The quantitative estimate of drug-likeness (QED) is 0.655. The van der Waals surface area contributed by atoms with Crippen molar-refractivity contribution in [3.05, 3.63) is 55.0 Å². The maximum atomic E-state index is 13.7. The molecule has 1 fully saturated rings. The Bertz CT molecular complexity index is 1140. The maximum absolute atomic E-state index is 13.7. The molecule has 3 aromatic rings. The third-order valence-electron chi connectivity index (χ3n) is 6.08. The van der Waals surface area contributed by atoms with Gasteiger partial charge in [0.2, 0.25) is 0 Å². The molecule has 8 nitrogen and oxygen atoms in total. The van der Waals surface area contributed by atoms with Gasteiger partial charge in [0.05, 0.1) is 17.6 Å². The third-order valence-corrected chi connectivity index (χ3v) is 6.08. The van der Waals surface area contributed by atoms with Crippen LogP contribution in [-0.4, -0.2) is 60.4 Å². The van der Waals surface area contributed by atoms with Crippen molar-refractivity contribution >= 4 is 29.0 Å². The number of hydrogen-bond donors (Lipinski definition) is 1. The van der Waals surface area contributed by atoms with Crippen LogP contribution in [0.3, 0.4) is 0 Å². The molecule has 170 valence electrons. The number of rotatable bonds is 3. The van der Waals surface area contributed by atoms with Gasteiger partial charge >= 0.3 is 6.03 Å². The zero-order valence-electron chi connectivity index (χ0n) is 18.5. The van der Waals surface area contributed by atoms with Crippen molar-refractivity contribution in [1.29, 1.82) is 0 Å². The van der Waals surface area contributed by atoms with E-state index in [2.05, 4.69) is 25.1 Å². The van der Waals surface area contributed by atoms with E-state index < -0.39 is 6.17 Å². The minimum Gasteiger partial charge on any atom is -0.372 e. The number of carbonyl (C=O) groups is 1. The second kappa shape index (κ2) is 9.01. The smallest absolute Gasteiger partial charge is 0.328 e. The molecule has 0 radical (unpaired) electrons. The fourth-order valence-electron chi connectivity index (χ4n) is 4.34. The molecule has 2 aliphatic heterocycles. The number of aromatic nitrogens is 3. The number of nitrogens with one attached hydrogen (secondary N) is 1. The molecule has 4 heterocycles. The van der Waals surface area contributed by atoms with Crippen LogP contribution in [0.25, 0.3) is 11.3 Å². The first-order valence-corrected chi connectivity index (χ1v) is 11.1. The molecule has 1 N–H and O–H groups in total. The number of anilines is 4. The minimum absolute atomic E-state index is 0.295. The van der Waals surface area contributed by atoms with E-state index in [-0.39, 0.29) is 6.03 Å². The van der Waals surface area contributed by atoms with Crippen LogP contribution in [0.15, 0.2) is 55.0 Å². The van der Waals surface area contributed by atoms with Gasteiger partial charge in [-0.3, -0.25) is 15.2 Å². The predicted octanol–water partition coefficient (Wildman–Crippen LogP) is 3.97. The molecular weight excluding hydrogens is 421 g/mol. The van der Waals surface area contributed by atoms with Gasteiger partial charge in [0.1, 0.15) is 6.17 Å². The number of urea groups is 1. The van der Waals surface area contributed by atoms with E-state index in [9.17, 15) is 9.18 Å². The van der Waals surface area contributed by atoms with Crippen molar-refractivity contribution in [2.24, 2.45) is 0 Å². The van der Waals surface area contributed by atoms with E-state index >= 15 is 0 Å². The molecule has 2 aliphatic rings. The molecule has 0 unspecified atom stereocenters. The SMILES string of the molecule is CN1CCCN(C(=O)Nc2cnccn2)c2nc(-c3cccc(N4CC[C@@H](F)C4)c3)ccc21. The van der Waals surface area contributed by atoms with Crippen LogP contribution in [0.1, 0.15) is 12.8 Å². The number of carbonyl (C=O) groups excluding carboxylic acids is 1. The maximum Gasteiger partial charge on any atom is 0.328 e. The number of pyridine rings is 1. The Morgan fingerprint density at radius 1 is 1.15 bits per heavy atom. The summed E-state index contributed by atoms with van der Waals surface area (Å²) in [7, 11) is 2.01. The lowest BCUT2D eigenvalue weighted by atomic mass is 10.1. The standard InChI is InChI=1S/C24H26FN7O/c1-30-11-3-12-32(24(33)29-22-15-26-9-10-27-22)23-21(30)7-6-20(28-23)17-4-2-5-19(14-17)31-13-8-18(25)16-31/h2,4-7,9-10,14-15,18H,3,8,11-13,16H2,1H3,(H,27,29,33)/t18-/m1/s1. The Morgan fingerprint density at radius 3 is 2.85 bits per heavy atom. The monoisotopic (exact) mass is 447 g/mol. The van der Waals surface area contributed by atoms with Gasteiger partial charge in [0, 0.05) is 56.9 Å². The Morgan fingerprint density at radius 2 is 2.06 bits per heavy atom. The highest BCUT2D eigenvalue weighted by atomic mass is 19.1. The molecule has 0 saturated carbocycles. The fourth-order valence-corrected chi connectivity index (χ4v) is 4.34. The minimum atomic E-state index is -0.781. The number of benzene rings is 1. The predicted molar refractivity (Wildman–Crippen MR) is 128 cm³/mol. The summed E-state index contributed by atoms with van der Waals surface area (Å²) in [5.41, 5.74) is 3.57. The lowest BCUT2D eigenvalue weighted by Crippen LogP contribution is -2.36. The second-order valence-electron chi connectivity index (χ2n) is 8.37. The average Bonchev–Trinajstić information content (AvgIpc) is 3.21. The van der Waals surface area contributed by atoms with E-state index in [4.69, 9.17) is 4.98 Å². The van der Waals surface area contributed by atoms with Crippen molar-refractivity contribution in [3.8, 4) is 11.3 Å². The highest BCUT2D eigenvalue weighted by molar-refractivity contribution is 6.02. The lowest BCUT2D eigenvalue weighted by molar-refractivity contribution is 0.256. The van der Waals surface area contributed by atoms with E-state index in [1.165, 1.54) is 12.4 Å². The Kier molecular flexibility index (Phi) is 5.77. The summed E-state index contributed by atoms with van der Waals surface area (Å²) in [6.07, 6.45) is 5.20. The van der Waals surface area contributed by atoms with Crippen molar-refractivity contribution in [3.63, 3.8) is 0 Å². The molecule has 1 saturated heterocycles. The Hall–Kier alpha value is -3.75. The van der Waals surface area contributed by atoms with E-state index in [1.54, 1.807) is 11.1 Å². The summed E-state index contributed by atoms with van der Waals surface area (Å²) >= 11 is 0. The molecule has 2 aromatic heterocycles. The van der Waals surface area contributed by atoms with E-state index in [0.717, 1.165) is 35.6 Å². The van der Waals surface area contributed by atoms with Crippen molar-refractivity contribution in [1.82, 2.24) is 15.0 Å². The van der Waals surface area contributed by atoms with Gasteiger partial charge in [-0.2, -0.15) is 0 Å². The first-order valence-electron chi connectivity index (χ1n) is 11.1. The normalized spacial score (nSPS) is 18.1. The van der Waals surface area contributed by atoms with Crippen molar-refractivity contribution in [2.45, 2.75) is 19.0 Å². The second-order valence-corrected chi connectivity index (χ2v) is 8.37. The largest absolute Gasteiger partial charge is 0.372 e. The Labute approximate surface area is 192 Å². The Balaban J connectivity index is 1.48. The van der Waals surface area contributed by atoms with Crippen LogP contribution in [0.2, 0.25) is 0 Å². The van der Waals surface area contributed by atoms with Crippen molar-refractivity contribution in [2.75, 3.05) is 53.2 Å². The van der Waals surface area contributed by atoms with Crippen LogP contribution in [0, 0.1) is 0 Å². The number of fused-ring (bicyclic) bond motifs is 1. The highest BCUT2D eigenvalue weighted by Gasteiger charge is 2.26. The summed E-state index contributed by atoms with van der Waals surface area (Å²) in [5, 5.41) is 2.82. The summed E-state index contributed by atoms with van der Waals surface area (Å²) in [5.74, 6) is 0.992.